The maximum absolute atomic E-state index is 5.85. The summed E-state index contributed by atoms with van der Waals surface area (Å²) in [6.45, 7) is 1.01. The first-order valence-electron chi connectivity index (χ1n) is 5.18. The van der Waals surface area contributed by atoms with Gasteiger partial charge in [-0.1, -0.05) is 0 Å². The summed E-state index contributed by atoms with van der Waals surface area (Å²) >= 11 is 0. The molecule has 0 radical (unpaired) electrons. The van der Waals surface area contributed by atoms with Crippen molar-refractivity contribution in [3.63, 3.8) is 0 Å². The number of pyridine rings is 1. The third-order valence-corrected chi connectivity index (χ3v) is 2.51. The van der Waals surface area contributed by atoms with Crippen LogP contribution in [0.4, 0.5) is 5.69 Å². The van der Waals surface area contributed by atoms with Crippen molar-refractivity contribution in [2.24, 2.45) is 0 Å². The fourth-order valence-electron chi connectivity index (χ4n) is 1.71. The summed E-state index contributed by atoms with van der Waals surface area (Å²) < 4.78 is 2.06. The quantitative estimate of drug-likeness (QED) is 0.732. The zero-order valence-electron chi connectivity index (χ0n) is 8.90. The Balaban J connectivity index is 2.25. The number of nitrogens with two attached hydrogens (primary N) is 1. The minimum atomic E-state index is 0.782. The molecule has 0 amide bonds. The number of aromatic nitrogens is 2. The number of hydrogen-bond donors (Lipinski definition) is 2. The Labute approximate surface area is 89.1 Å². The Kier molecular flexibility index (Phi) is 2.87. The predicted octanol–water partition coefficient (Wildman–Crippen LogP) is 1.07. The number of nitrogens with one attached hydrogen (secondary N) is 1. The first kappa shape index (κ1) is 9.98. The van der Waals surface area contributed by atoms with Crippen LogP contribution in [0.2, 0.25) is 0 Å². The summed E-state index contributed by atoms with van der Waals surface area (Å²) in [4.78, 5) is 4.38. The summed E-state index contributed by atoms with van der Waals surface area (Å²) in [5.74, 6) is 1.08. The van der Waals surface area contributed by atoms with E-state index in [0.29, 0.717) is 0 Å². The van der Waals surface area contributed by atoms with E-state index in [0.717, 1.165) is 36.4 Å². The fraction of sp³-hybridized carbons (Fsp3) is 0.364. The van der Waals surface area contributed by atoms with Crippen LogP contribution in [-0.4, -0.2) is 23.0 Å². The maximum atomic E-state index is 5.85. The normalized spacial score (nSPS) is 11.0. The van der Waals surface area contributed by atoms with E-state index in [1.807, 2.05) is 31.6 Å². The average molecular weight is 204 g/mol. The molecule has 0 saturated carbocycles. The topological polar surface area (TPSA) is 55.3 Å². The van der Waals surface area contributed by atoms with Gasteiger partial charge in [-0.2, -0.15) is 0 Å². The van der Waals surface area contributed by atoms with Crippen LogP contribution in [0.15, 0.2) is 24.5 Å². The molecule has 0 aromatic carbocycles. The lowest BCUT2D eigenvalue weighted by Crippen LogP contribution is -2.09. The van der Waals surface area contributed by atoms with Crippen LogP contribution in [0.1, 0.15) is 12.2 Å². The standard InChI is InChI=1S/C11H16N4/c1-13-6-2-5-11-14-8-10-9(12)4-3-7-15(10)11/h3-4,7-8,13H,2,5-6,12H2,1H3. The molecule has 0 saturated heterocycles. The van der Waals surface area contributed by atoms with Gasteiger partial charge >= 0.3 is 0 Å². The Morgan fingerprint density at radius 1 is 1.53 bits per heavy atom. The summed E-state index contributed by atoms with van der Waals surface area (Å²) in [7, 11) is 1.96. The van der Waals surface area contributed by atoms with E-state index in [9.17, 15) is 0 Å². The Morgan fingerprint density at radius 3 is 3.20 bits per heavy atom. The number of rotatable bonds is 4. The Morgan fingerprint density at radius 2 is 2.40 bits per heavy atom. The highest BCUT2D eigenvalue weighted by Crippen LogP contribution is 2.14. The molecule has 0 atom stereocenters. The lowest BCUT2D eigenvalue weighted by atomic mass is 10.3. The number of aryl methyl sites for hydroxylation is 1. The smallest absolute Gasteiger partial charge is 0.113 e. The molecule has 15 heavy (non-hydrogen) atoms. The average Bonchev–Trinajstić information content (AvgIpc) is 2.64. The van der Waals surface area contributed by atoms with E-state index in [2.05, 4.69) is 14.7 Å². The molecule has 0 aliphatic heterocycles. The second-order valence-electron chi connectivity index (χ2n) is 3.60. The van der Waals surface area contributed by atoms with E-state index in [1.54, 1.807) is 0 Å². The van der Waals surface area contributed by atoms with Crippen LogP contribution in [0.25, 0.3) is 5.52 Å². The Bertz CT molecular complexity index is 447. The minimum Gasteiger partial charge on any atom is -0.397 e. The highest BCUT2D eigenvalue weighted by molar-refractivity contribution is 5.68. The molecule has 0 aliphatic rings. The van der Waals surface area contributed by atoms with Gasteiger partial charge in [-0.3, -0.25) is 0 Å². The molecule has 4 heteroatoms. The van der Waals surface area contributed by atoms with Gasteiger partial charge in [0, 0.05) is 12.6 Å². The summed E-state index contributed by atoms with van der Waals surface area (Å²) in [5, 5.41) is 3.13. The number of fused-ring (bicyclic) bond motifs is 1. The molecule has 0 aliphatic carbocycles. The van der Waals surface area contributed by atoms with Crippen LogP contribution >= 0.6 is 0 Å². The van der Waals surface area contributed by atoms with Gasteiger partial charge in [0.15, 0.2) is 0 Å². The zero-order chi connectivity index (χ0) is 10.7. The lowest BCUT2D eigenvalue weighted by molar-refractivity contribution is 0.701. The van der Waals surface area contributed by atoms with Gasteiger partial charge in [0.25, 0.3) is 0 Å². The van der Waals surface area contributed by atoms with E-state index in [1.165, 1.54) is 0 Å². The minimum absolute atomic E-state index is 0.782. The SMILES string of the molecule is CNCCCc1ncc2c(N)cccn12. The number of anilines is 1. The molecule has 80 valence electrons. The molecule has 3 N–H and O–H groups in total. The molecular formula is C11H16N4. The Hall–Kier alpha value is -1.55. The molecule has 0 fully saturated rings. The van der Waals surface area contributed by atoms with Crippen molar-refractivity contribution >= 4 is 11.2 Å². The van der Waals surface area contributed by atoms with Crippen molar-refractivity contribution in [3.05, 3.63) is 30.4 Å². The van der Waals surface area contributed by atoms with Crippen LogP contribution < -0.4 is 11.1 Å². The van der Waals surface area contributed by atoms with Crippen molar-refractivity contribution in [1.82, 2.24) is 14.7 Å². The van der Waals surface area contributed by atoms with Gasteiger partial charge in [0.05, 0.1) is 17.4 Å². The van der Waals surface area contributed by atoms with E-state index in [-0.39, 0.29) is 0 Å². The predicted molar refractivity (Wildman–Crippen MR) is 61.9 cm³/mol. The van der Waals surface area contributed by atoms with Crippen LogP contribution in [0.3, 0.4) is 0 Å². The van der Waals surface area contributed by atoms with Gasteiger partial charge < -0.3 is 15.5 Å². The first-order chi connectivity index (χ1) is 7.33. The number of imidazole rings is 1. The first-order valence-corrected chi connectivity index (χ1v) is 5.18. The molecule has 2 rings (SSSR count). The van der Waals surface area contributed by atoms with Crippen molar-refractivity contribution in [3.8, 4) is 0 Å². The molecule has 4 nitrogen and oxygen atoms in total. The third kappa shape index (κ3) is 1.94. The molecule has 2 aromatic heterocycles. The van der Waals surface area contributed by atoms with E-state index >= 15 is 0 Å². The molecule has 2 heterocycles. The van der Waals surface area contributed by atoms with Gasteiger partial charge in [0.2, 0.25) is 0 Å². The van der Waals surface area contributed by atoms with Crippen LogP contribution in [-0.2, 0) is 6.42 Å². The molecule has 0 unspecified atom stereocenters. The summed E-state index contributed by atoms with van der Waals surface area (Å²) in [5.41, 5.74) is 7.63. The van der Waals surface area contributed by atoms with E-state index < -0.39 is 0 Å². The highest BCUT2D eigenvalue weighted by Gasteiger charge is 2.04. The number of hydrogen-bond acceptors (Lipinski definition) is 3. The maximum Gasteiger partial charge on any atom is 0.113 e. The van der Waals surface area contributed by atoms with Gasteiger partial charge in [-0.25, -0.2) is 4.98 Å². The number of nitrogens with zero attached hydrogens (tertiary/aromatic N) is 2. The molecular weight excluding hydrogens is 188 g/mol. The molecule has 2 aromatic rings. The highest BCUT2D eigenvalue weighted by atomic mass is 15.0. The zero-order valence-corrected chi connectivity index (χ0v) is 8.90. The lowest BCUT2D eigenvalue weighted by Gasteiger charge is -2.02. The monoisotopic (exact) mass is 204 g/mol. The van der Waals surface area contributed by atoms with Crippen molar-refractivity contribution in [1.29, 1.82) is 0 Å². The van der Waals surface area contributed by atoms with Crippen LogP contribution in [0.5, 0.6) is 0 Å². The van der Waals surface area contributed by atoms with Gasteiger partial charge in [-0.15, -0.1) is 0 Å². The van der Waals surface area contributed by atoms with Gasteiger partial charge in [0.1, 0.15) is 5.82 Å². The third-order valence-electron chi connectivity index (χ3n) is 2.51. The second-order valence-corrected chi connectivity index (χ2v) is 3.60. The summed E-state index contributed by atoms with van der Waals surface area (Å²) in [6.07, 6.45) is 5.90. The largest absolute Gasteiger partial charge is 0.397 e. The molecule has 0 spiro atoms. The number of nitrogen functional groups attached to an aromatic ring is 1. The second kappa shape index (κ2) is 4.31. The fourth-order valence-corrected chi connectivity index (χ4v) is 1.71. The van der Waals surface area contributed by atoms with Crippen LogP contribution in [0, 0.1) is 0 Å². The molecule has 0 bridgehead atoms. The van der Waals surface area contributed by atoms with Gasteiger partial charge in [-0.05, 0) is 32.1 Å². The summed E-state index contributed by atoms with van der Waals surface area (Å²) in [6, 6.07) is 3.85. The van der Waals surface area contributed by atoms with Crippen molar-refractivity contribution in [2.45, 2.75) is 12.8 Å². The van der Waals surface area contributed by atoms with Crippen molar-refractivity contribution in [2.75, 3.05) is 19.3 Å². The van der Waals surface area contributed by atoms with Crippen molar-refractivity contribution < 1.29 is 0 Å². The van der Waals surface area contributed by atoms with E-state index in [4.69, 9.17) is 5.73 Å².